The van der Waals surface area contributed by atoms with Crippen LogP contribution in [-0.4, -0.2) is 31.3 Å². The first-order valence-corrected chi connectivity index (χ1v) is 4.89. The van der Waals surface area contributed by atoms with Crippen molar-refractivity contribution in [2.24, 2.45) is 5.73 Å². The number of ether oxygens (including phenoxy) is 2. The summed E-state index contributed by atoms with van der Waals surface area (Å²) in [5, 5.41) is 10.4. The Balaban J connectivity index is 2.29. The average molecular weight is 226 g/mol. The van der Waals surface area contributed by atoms with Gasteiger partial charge in [-0.15, -0.1) is 0 Å². The van der Waals surface area contributed by atoms with Crippen molar-refractivity contribution in [1.82, 2.24) is 0 Å². The molecule has 1 aromatic rings. The van der Waals surface area contributed by atoms with Crippen molar-refractivity contribution in [3.8, 4) is 5.75 Å². The number of nitrogens with two attached hydrogens (primary N) is 1. The Labute approximate surface area is 93.1 Å². The van der Waals surface area contributed by atoms with Crippen LogP contribution in [0.25, 0.3) is 0 Å². The number of non-ortho nitro benzene ring substituents is 1. The second-order valence-electron chi connectivity index (χ2n) is 3.00. The Morgan fingerprint density at radius 2 is 1.88 bits per heavy atom. The van der Waals surface area contributed by atoms with Gasteiger partial charge in [0.1, 0.15) is 12.4 Å². The van der Waals surface area contributed by atoms with Crippen molar-refractivity contribution < 1.29 is 14.4 Å². The summed E-state index contributed by atoms with van der Waals surface area (Å²) in [5.74, 6) is 0.585. The molecule has 0 aliphatic heterocycles. The zero-order chi connectivity index (χ0) is 11.8. The molecule has 0 unspecified atom stereocenters. The molecule has 0 radical (unpaired) electrons. The molecule has 6 heteroatoms. The lowest BCUT2D eigenvalue weighted by molar-refractivity contribution is -0.384. The highest BCUT2D eigenvalue weighted by atomic mass is 16.6. The molecule has 0 aliphatic rings. The van der Waals surface area contributed by atoms with E-state index in [1.807, 2.05) is 0 Å². The minimum absolute atomic E-state index is 0.0479. The average Bonchev–Trinajstić information content (AvgIpc) is 2.29. The Morgan fingerprint density at radius 1 is 1.19 bits per heavy atom. The maximum absolute atomic E-state index is 10.4. The molecule has 0 spiro atoms. The second kappa shape index (κ2) is 6.76. The highest BCUT2D eigenvalue weighted by Gasteiger charge is 2.03. The van der Waals surface area contributed by atoms with E-state index in [1.165, 1.54) is 12.1 Å². The molecule has 0 heterocycles. The van der Waals surface area contributed by atoms with Gasteiger partial charge in [0.25, 0.3) is 5.69 Å². The number of nitro groups is 1. The first-order chi connectivity index (χ1) is 7.74. The number of hydrogen-bond acceptors (Lipinski definition) is 5. The van der Waals surface area contributed by atoms with Gasteiger partial charge in [-0.1, -0.05) is 0 Å². The van der Waals surface area contributed by atoms with E-state index in [1.54, 1.807) is 12.1 Å². The Kier molecular flexibility index (Phi) is 5.24. The maximum atomic E-state index is 10.4. The van der Waals surface area contributed by atoms with Crippen LogP contribution < -0.4 is 10.5 Å². The lowest BCUT2D eigenvalue weighted by Gasteiger charge is -2.05. The lowest BCUT2D eigenvalue weighted by atomic mass is 10.3. The van der Waals surface area contributed by atoms with E-state index in [-0.39, 0.29) is 5.69 Å². The molecule has 0 aromatic heterocycles. The van der Waals surface area contributed by atoms with Gasteiger partial charge in [-0.05, 0) is 12.1 Å². The topological polar surface area (TPSA) is 87.6 Å². The van der Waals surface area contributed by atoms with Crippen LogP contribution in [0, 0.1) is 10.1 Å². The summed E-state index contributed by atoms with van der Waals surface area (Å²) < 4.78 is 10.4. The first kappa shape index (κ1) is 12.4. The zero-order valence-corrected chi connectivity index (χ0v) is 8.80. The third-order valence-electron chi connectivity index (χ3n) is 1.81. The van der Waals surface area contributed by atoms with Crippen LogP contribution in [0.4, 0.5) is 5.69 Å². The van der Waals surface area contributed by atoms with Gasteiger partial charge in [0.15, 0.2) is 0 Å². The number of nitro benzene ring substituents is 1. The van der Waals surface area contributed by atoms with Crippen molar-refractivity contribution >= 4 is 5.69 Å². The quantitative estimate of drug-likeness (QED) is 0.425. The van der Waals surface area contributed by atoms with Crippen LogP contribution in [0.2, 0.25) is 0 Å². The summed E-state index contributed by atoms with van der Waals surface area (Å²) in [6.45, 7) is 1.84. The zero-order valence-electron chi connectivity index (χ0n) is 8.80. The molecule has 6 nitrogen and oxygen atoms in total. The fourth-order valence-corrected chi connectivity index (χ4v) is 1.07. The molecule has 88 valence electrons. The van der Waals surface area contributed by atoms with Gasteiger partial charge in [0.2, 0.25) is 0 Å². The Bertz CT molecular complexity index is 326. The maximum Gasteiger partial charge on any atom is 0.269 e. The molecule has 2 N–H and O–H groups in total. The predicted octanol–water partition coefficient (Wildman–Crippen LogP) is 0.949. The van der Waals surface area contributed by atoms with Crippen molar-refractivity contribution in [3.05, 3.63) is 34.4 Å². The van der Waals surface area contributed by atoms with E-state index in [0.29, 0.717) is 32.1 Å². The van der Waals surface area contributed by atoms with Crippen LogP contribution in [0.5, 0.6) is 5.75 Å². The van der Waals surface area contributed by atoms with E-state index in [4.69, 9.17) is 15.2 Å². The highest BCUT2D eigenvalue weighted by molar-refractivity contribution is 5.35. The van der Waals surface area contributed by atoms with Gasteiger partial charge in [0.05, 0.1) is 18.1 Å². The van der Waals surface area contributed by atoms with Crippen LogP contribution in [-0.2, 0) is 4.74 Å². The van der Waals surface area contributed by atoms with E-state index >= 15 is 0 Å². The van der Waals surface area contributed by atoms with Crippen LogP contribution in [0.1, 0.15) is 0 Å². The van der Waals surface area contributed by atoms with E-state index in [2.05, 4.69) is 0 Å². The smallest absolute Gasteiger partial charge is 0.269 e. The molecule has 0 bridgehead atoms. The number of benzene rings is 1. The standard InChI is InChI=1S/C10H14N2O4/c11-5-6-15-7-8-16-10-3-1-9(2-4-10)12(13)14/h1-4H,5-8,11H2. The first-order valence-electron chi connectivity index (χ1n) is 4.89. The summed E-state index contributed by atoms with van der Waals surface area (Å²) in [4.78, 5) is 9.93. The second-order valence-corrected chi connectivity index (χ2v) is 3.00. The van der Waals surface area contributed by atoms with Gasteiger partial charge in [-0.25, -0.2) is 0 Å². The Morgan fingerprint density at radius 3 is 2.44 bits per heavy atom. The number of hydrogen-bond donors (Lipinski definition) is 1. The summed E-state index contributed by atoms with van der Waals surface area (Å²) in [5.41, 5.74) is 5.29. The fraction of sp³-hybridized carbons (Fsp3) is 0.400. The molecule has 0 saturated heterocycles. The largest absolute Gasteiger partial charge is 0.491 e. The predicted molar refractivity (Wildman–Crippen MR) is 58.5 cm³/mol. The van der Waals surface area contributed by atoms with Crippen LogP contribution in [0.3, 0.4) is 0 Å². The number of rotatable bonds is 7. The van der Waals surface area contributed by atoms with Gasteiger partial charge < -0.3 is 15.2 Å². The third kappa shape index (κ3) is 4.24. The molecule has 16 heavy (non-hydrogen) atoms. The molecule has 0 saturated carbocycles. The van der Waals surface area contributed by atoms with Gasteiger partial charge in [-0.2, -0.15) is 0 Å². The van der Waals surface area contributed by atoms with E-state index < -0.39 is 4.92 Å². The summed E-state index contributed by atoms with van der Waals surface area (Å²) in [6.07, 6.45) is 0. The van der Waals surface area contributed by atoms with Gasteiger partial charge in [-0.3, -0.25) is 10.1 Å². The lowest BCUT2D eigenvalue weighted by Crippen LogP contribution is -2.13. The number of nitrogens with zero attached hydrogens (tertiary/aromatic N) is 1. The van der Waals surface area contributed by atoms with Gasteiger partial charge in [0, 0.05) is 18.7 Å². The fourth-order valence-electron chi connectivity index (χ4n) is 1.07. The highest BCUT2D eigenvalue weighted by Crippen LogP contribution is 2.16. The molecule has 0 aliphatic carbocycles. The molecule has 1 aromatic carbocycles. The minimum atomic E-state index is -0.450. The monoisotopic (exact) mass is 226 g/mol. The third-order valence-corrected chi connectivity index (χ3v) is 1.81. The molecule has 1 rings (SSSR count). The molecular weight excluding hydrogens is 212 g/mol. The van der Waals surface area contributed by atoms with Crippen molar-refractivity contribution in [1.29, 1.82) is 0 Å². The van der Waals surface area contributed by atoms with Crippen LogP contribution >= 0.6 is 0 Å². The van der Waals surface area contributed by atoms with Crippen molar-refractivity contribution in [2.45, 2.75) is 0 Å². The SMILES string of the molecule is NCCOCCOc1ccc([N+](=O)[O-])cc1. The van der Waals surface area contributed by atoms with Crippen LogP contribution in [0.15, 0.2) is 24.3 Å². The Hall–Kier alpha value is -1.66. The summed E-state index contributed by atoms with van der Waals surface area (Å²) in [7, 11) is 0. The van der Waals surface area contributed by atoms with Crippen molar-refractivity contribution in [3.63, 3.8) is 0 Å². The minimum Gasteiger partial charge on any atom is -0.491 e. The van der Waals surface area contributed by atoms with E-state index in [0.717, 1.165) is 0 Å². The molecular formula is C10H14N2O4. The normalized spacial score (nSPS) is 10.1. The summed E-state index contributed by atoms with van der Waals surface area (Å²) in [6, 6.07) is 5.91. The molecule has 0 atom stereocenters. The molecule has 0 amide bonds. The molecule has 0 fully saturated rings. The van der Waals surface area contributed by atoms with Gasteiger partial charge >= 0.3 is 0 Å². The van der Waals surface area contributed by atoms with Crippen molar-refractivity contribution in [2.75, 3.05) is 26.4 Å². The summed E-state index contributed by atoms with van der Waals surface area (Å²) >= 11 is 0. The van der Waals surface area contributed by atoms with E-state index in [9.17, 15) is 10.1 Å².